The summed E-state index contributed by atoms with van der Waals surface area (Å²) in [5.74, 6) is -14.4. The Morgan fingerprint density at radius 1 is 0.273 bits per heavy atom. The lowest BCUT2D eigenvalue weighted by Gasteiger charge is -2.29. The molecule has 16 atom stereocenters. The van der Waals surface area contributed by atoms with E-state index in [1.807, 2.05) is 0 Å². The fourth-order valence-electron chi connectivity index (χ4n) is 15.1. The lowest BCUT2D eigenvalue weighted by molar-refractivity contribution is -0.137. The first kappa shape index (κ1) is 121. The Kier molecular flexibility index (Phi) is 59.3. The predicted molar refractivity (Wildman–Crippen MR) is 531 cm³/mol. The highest BCUT2D eigenvalue weighted by Gasteiger charge is 2.40. The van der Waals surface area contributed by atoms with E-state index < -0.39 is 197 Å². The minimum absolute atomic E-state index is 0.0134. The van der Waals surface area contributed by atoms with Gasteiger partial charge in [-0.1, -0.05) is 133 Å². The molecule has 0 saturated heterocycles. The molecule has 3 aromatic rings. The number of carbonyl (C=O) groups is 15. The third-order valence-electron chi connectivity index (χ3n) is 23.2. The van der Waals surface area contributed by atoms with Gasteiger partial charge in [0.15, 0.2) is 11.9 Å². The average molecular weight is 1950 g/mol. The van der Waals surface area contributed by atoms with Crippen LogP contribution in [0.5, 0.6) is 0 Å². The van der Waals surface area contributed by atoms with Crippen LogP contribution in [0.15, 0.2) is 91.0 Å². The molecule has 44 nitrogen and oxygen atoms in total. The minimum Gasteiger partial charge on any atom is -0.391 e. The number of nitrogens with one attached hydrogen (secondary N) is 18. The third kappa shape index (κ3) is 48.4. The summed E-state index contributed by atoms with van der Waals surface area (Å²) >= 11 is 0. The lowest BCUT2D eigenvalue weighted by atomic mass is 10.00. The van der Waals surface area contributed by atoms with Crippen molar-refractivity contribution in [3.63, 3.8) is 0 Å². The molecule has 0 unspecified atom stereocenters. The molecule has 0 aliphatic carbocycles. The van der Waals surface area contributed by atoms with Gasteiger partial charge >= 0.3 is 0 Å². The van der Waals surface area contributed by atoms with Gasteiger partial charge in [-0.15, -0.1) is 0 Å². The number of nitrogens with two attached hydrogens (primary N) is 10. The molecule has 139 heavy (non-hydrogen) atoms. The van der Waals surface area contributed by atoms with Crippen LogP contribution < -0.4 is 142 Å². The van der Waals surface area contributed by atoms with Crippen molar-refractivity contribution < 1.29 is 77.0 Å². The monoisotopic (exact) mass is 1950 g/mol. The zero-order chi connectivity index (χ0) is 103. The summed E-state index contributed by atoms with van der Waals surface area (Å²) in [6.45, 7) is 12.9. The highest BCUT2D eigenvalue weighted by atomic mass is 16.3. The fourth-order valence-corrected chi connectivity index (χ4v) is 15.1. The van der Waals surface area contributed by atoms with E-state index in [0.717, 1.165) is 0 Å². The van der Waals surface area contributed by atoms with E-state index in [1.54, 1.807) is 133 Å². The van der Waals surface area contributed by atoms with E-state index in [1.165, 1.54) is 6.92 Å². The van der Waals surface area contributed by atoms with Crippen LogP contribution in [0.4, 0.5) is 0 Å². The van der Waals surface area contributed by atoms with Crippen LogP contribution in [0, 0.1) is 28.6 Å². The molecular formula is C95H162N28O16. The van der Waals surface area contributed by atoms with Gasteiger partial charge in [-0.05, 0) is 228 Å². The predicted octanol–water partition coefficient (Wildman–Crippen LogP) is -3.65. The van der Waals surface area contributed by atoms with E-state index in [0.29, 0.717) is 81.0 Å². The Morgan fingerprint density at radius 2 is 0.489 bits per heavy atom. The number of carbonyl (C=O) groups excluding carboxylic acids is 15. The van der Waals surface area contributed by atoms with Gasteiger partial charge in [-0.3, -0.25) is 82.7 Å². The van der Waals surface area contributed by atoms with Crippen LogP contribution in [-0.2, 0) is 91.2 Å². The number of benzene rings is 3. The second kappa shape index (κ2) is 68.1. The standard InChI is InChI=1S/C95H162N28O16/c1-57(2)53-72(88(134)114-64(37-17-23-45-96)81(127)112-69(42-22-28-50-101)87(133)123-78(60(7)124)93(139)122-77(59(5)6)79(103)125)118-84(130)66(39-19-25-47-98)111-83(129)70(43-29-51-108-94(104)105)116-90(136)74(55-62-33-13-9-14-34-62)121-91(137)75(56-63-35-15-10-16-36-63)120-85(131)67(40-20-26-48-99)110-80(126)65(38-18-24-46-97)115-89(135)73(54-61-31-11-8-12-32-61)119-86(132)71(44-30-52-109-95(106)107)113-82(128)68(41-21-27-49-100)117-92(138)76(102)58(3)4/h8-16,31-36,57-60,64-78,124H,17-30,37-56,96-102H2,1-7H3,(H2,103,125)(H,110,126)(H,111,129)(H,112,127)(H,113,128)(H,114,134)(H,115,135)(H,116,136)(H,117,138)(H,118,130)(H,119,132)(H,120,131)(H,121,137)(H,122,139)(H,123,133)(H4,104,105,108)(H4,106,107,109)/t60-,64+,65+,66+,67+,68+,69+,70+,71+,72+,73+,74+,75+,76+,77+,78+/m1/s1. The summed E-state index contributed by atoms with van der Waals surface area (Å²) in [6, 6.07) is 4.98. The van der Waals surface area contributed by atoms with Crippen LogP contribution in [0.2, 0.25) is 0 Å². The molecule has 0 aromatic heterocycles. The summed E-state index contributed by atoms with van der Waals surface area (Å²) in [5.41, 5.74) is 60.2. The van der Waals surface area contributed by atoms with Crippen molar-refractivity contribution in [2.75, 3.05) is 52.4 Å². The normalized spacial score (nSPS) is 14.7. The first-order valence-corrected chi connectivity index (χ1v) is 48.7. The zero-order valence-electron chi connectivity index (χ0n) is 82.0. The smallest absolute Gasteiger partial charge is 0.245 e. The highest BCUT2D eigenvalue weighted by molar-refractivity contribution is 6.01. The SMILES string of the molecule is CC(C)C[C@H](NC(=O)[C@H](CCCCN)NC(=O)[C@H](CCCNC(=N)N)NC(=O)[C@H](Cc1ccccc1)NC(=O)[C@H](Cc1ccccc1)NC(=O)[C@H](CCCCN)NC(=O)[C@H](CCCCN)NC(=O)[C@H](Cc1ccccc1)NC(=O)[C@H](CCCNC(=N)N)NC(=O)[C@H](CCCCN)NC(=O)[C@@H](N)C(C)C)C(=O)N[C@@H](CCCCN)C(=O)N[C@@H](CCCCN)C(=O)N[C@H](C(=O)N[C@H](C(N)=O)C(C)C)[C@@H](C)O. The molecular weight excluding hydrogens is 1790 g/mol. The molecule has 0 spiro atoms. The van der Waals surface area contributed by atoms with Crippen molar-refractivity contribution in [3.05, 3.63) is 108 Å². The molecule has 44 heteroatoms. The Bertz CT molecular complexity index is 4280. The van der Waals surface area contributed by atoms with Gasteiger partial charge in [0.1, 0.15) is 84.6 Å². The Morgan fingerprint density at radius 3 is 0.712 bits per heavy atom. The first-order valence-electron chi connectivity index (χ1n) is 48.7. The van der Waals surface area contributed by atoms with Crippen LogP contribution in [0.3, 0.4) is 0 Å². The van der Waals surface area contributed by atoms with E-state index in [2.05, 4.69) is 85.1 Å². The van der Waals surface area contributed by atoms with Crippen molar-refractivity contribution in [2.45, 2.75) is 312 Å². The number of hydrogen-bond donors (Lipinski definition) is 29. The van der Waals surface area contributed by atoms with Crippen LogP contribution >= 0.6 is 0 Å². The number of hydrogen-bond acceptors (Lipinski definition) is 25. The number of guanidine groups is 2. The summed E-state index contributed by atoms with van der Waals surface area (Å²) in [6.07, 6.45) is 2.07. The van der Waals surface area contributed by atoms with Crippen molar-refractivity contribution in [1.29, 1.82) is 10.8 Å². The molecule has 0 saturated carbocycles. The van der Waals surface area contributed by atoms with E-state index >= 15 is 33.6 Å². The van der Waals surface area contributed by atoms with Crippen molar-refractivity contribution in [2.24, 2.45) is 75.1 Å². The quantitative estimate of drug-likeness (QED) is 0.0147. The van der Waals surface area contributed by atoms with Gasteiger partial charge in [0.05, 0.1) is 12.1 Å². The summed E-state index contributed by atoms with van der Waals surface area (Å²) < 4.78 is 0. The summed E-state index contributed by atoms with van der Waals surface area (Å²) in [7, 11) is 0. The van der Waals surface area contributed by atoms with Crippen LogP contribution in [-0.4, -0.2) is 255 Å². The fraction of sp³-hybridized carbons (Fsp3) is 0.632. The molecule has 0 fully saturated rings. The molecule has 15 amide bonds. The van der Waals surface area contributed by atoms with Crippen molar-refractivity contribution in [1.82, 2.24) is 85.1 Å². The maximum atomic E-state index is 15.5. The molecule has 0 heterocycles. The van der Waals surface area contributed by atoms with Gasteiger partial charge in [0.2, 0.25) is 88.6 Å². The average Bonchev–Trinajstić information content (AvgIpc) is 0.891. The number of aliphatic hydroxyl groups excluding tert-OH is 1. The van der Waals surface area contributed by atoms with E-state index in [4.69, 9.17) is 68.2 Å². The van der Waals surface area contributed by atoms with Crippen molar-refractivity contribution >= 4 is 101 Å². The Hall–Kier alpha value is -12.1. The molecule has 3 rings (SSSR count). The molecule has 0 aliphatic rings. The van der Waals surface area contributed by atoms with Crippen molar-refractivity contribution in [3.8, 4) is 0 Å². The largest absolute Gasteiger partial charge is 0.391 e. The summed E-state index contributed by atoms with van der Waals surface area (Å²) in [4.78, 5) is 219. The van der Waals surface area contributed by atoms with Gasteiger partial charge in [-0.25, -0.2) is 0 Å². The first-order chi connectivity index (χ1) is 66.2. The second-order valence-electron chi connectivity index (χ2n) is 36.2. The zero-order valence-corrected chi connectivity index (χ0v) is 82.0. The Labute approximate surface area is 816 Å². The topological polar surface area (TPSA) is 777 Å². The van der Waals surface area contributed by atoms with Crippen LogP contribution in [0.1, 0.15) is 213 Å². The lowest BCUT2D eigenvalue weighted by Crippen LogP contribution is -2.62. The van der Waals surface area contributed by atoms with Gasteiger partial charge in [0, 0.05) is 32.4 Å². The second-order valence-corrected chi connectivity index (χ2v) is 36.2. The van der Waals surface area contributed by atoms with E-state index in [9.17, 15) is 43.5 Å². The summed E-state index contributed by atoms with van der Waals surface area (Å²) in [5, 5.41) is 70.2. The van der Waals surface area contributed by atoms with Crippen LogP contribution in [0.25, 0.3) is 0 Å². The number of amides is 15. The molecule has 778 valence electrons. The molecule has 3 aromatic carbocycles. The number of aliphatic hydroxyl groups is 1. The third-order valence-corrected chi connectivity index (χ3v) is 23.2. The minimum atomic E-state index is -1.62. The van der Waals surface area contributed by atoms with E-state index in [-0.39, 0.29) is 173 Å². The number of unbranched alkanes of at least 4 members (excludes halogenated alkanes) is 6. The maximum absolute atomic E-state index is 15.5. The van der Waals surface area contributed by atoms with Gasteiger partial charge in [-0.2, -0.15) is 0 Å². The number of primary amides is 1. The molecule has 39 N–H and O–H groups in total. The molecule has 0 radical (unpaired) electrons. The Balaban J connectivity index is 2.16. The number of rotatable bonds is 72. The molecule has 0 aliphatic heterocycles. The highest BCUT2D eigenvalue weighted by Crippen LogP contribution is 2.18. The van der Waals surface area contributed by atoms with Gasteiger partial charge in [0.25, 0.3) is 0 Å². The maximum Gasteiger partial charge on any atom is 0.245 e. The molecule has 0 bridgehead atoms. The van der Waals surface area contributed by atoms with Gasteiger partial charge < -0.3 is 148 Å².